The summed E-state index contributed by atoms with van der Waals surface area (Å²) in [5.41, 5.74) is 1.91. The molecule has 0 aliphatic heterocycles. The van der Waals surface area contributed by atoms with E-state index in [0.717, 1.165) is 23.4 Å². The van der Waals surface area contributed by atoms with Crippen molar-refractivity contribution in [2.45, 2.75) is 26.3 Å². The van der Waals surface area contributed by atoms with Crippen LogP contribution in [0.25, 0.3) is 11.0 Å². The van der Waals surface area contributed by atoms with Crippen LogP contribution in [-0.2, 0) is 12.4 Å². The van der Waals surface area contributed by atoms with Gasteiger partial charge in [0.2, 0.25) is 0 Å². The van der Waals surface area contributed by atoms with Gasteiger partial charge in [0, 0.05) is 6.54 Å². The Morgan fingerprint density at radius 2 is 2.12 bits per heavy atom. The van der Waals surface area contributed by atoms with E-state index in [1.54, 1.807) is 0 Å². The molecule has 0 unspecified atom stereocenters. The van der Waals surface area contributed by atoms with Crippen molar-refractivity contribution in [3.05, 3.63) is 29.0 Å². The van der Waals surface area contributed by atoms with Gasteiger partial charge in [-0.2, -0.15) is 0 Å². The van der Waals surface area contributed by atoms with Gasteiger partial charge in [0.25, 0.3) is 0 Å². The minimum atomic E-state index is 0.414. The number of rotatable bonds is 3. The molecule has 4 heteroatoms. The first kappa shape index (κ1) is 11.7. The zero-order valence-corrected chi connectivity index (χ0v) is 10.9. The van der Waals surface area contributed by atoms with Crippen LogP contribution in [0.1, 0.15) is 19.7 Å². The first-order valence-electron chi connectivity index (χ1n) is 5.33. The topological polar surface area (TPSA) is 17.8 Å². The molecule has 2 nitrogen and oxygen atoms in total. The molecule has 1 aromatic heterocycles. The van der Waals surface area contributed by atoms with Crippen LogP contribution in [0, 0.1) is 5.92 Å². The molecule has 0 aliphatic rings. The molecule has 0 saturated carbocycles. The Morgan fingerprint density at radius 3 is 2.75 bits per heavy atom. The van der Waals surface area contributed by atoms with E-state index in [9.17, 15) is 0 Å². The number of hydrogen-bond acceptors (Lipinski definition) is 1. The van der Waals surface area contributed by atoms with Crippen LogP contribution in [0.5, 0.6) is 0 Å². The third kappa shape index (κ3) is 2.04. The molecule has 0 aliphatic carbocycles. The highest BCUT2D eigenvalue weighted by atomic mass is 35.5. The average molecular weight is 257 g/mol. The Bertz CT molecular complexity index is 503. The summed E-state index contributed by atoms with van der Waals surface area (Å²) in [5.74, 6) is 1.86. The molecular formula is C12H14Cl2N2. The van der Waals surface area contributed by atoms with Crippen molar-refractivity contribution in [3.63, 3.8) is 0 Å². The lowest BCUT2D eigenvalue weighted by atomic mass is 10.2. The van der Waals surface area contributed by atoms with Gasteiger partial charge >= 0.3 is 0 Å². The summed E-state index contributed by atoms with van der Waals surface area (Å²) in [4.78, 5) is 4.48. The number of alkyl halides is 1. The molecule has 0 spiro atoms. The van der Waals surface area contributed by atoms with E-state index in [-0.39, 0.29) is 0 Å². The van der Waals surface area contributed by atoms with Crippen molar-refractivity contribution in [1.29, 1.82) is 0 Å². The standard InChI is InChI=1S/C12H14Cl2N2/c1-8(2)7-16-10-5-3-4-9(14)12(10)15-11(16)6-13/h3-5,8H,6-7H2,1-2H3. The van der Waals surface area contributed by atoms with E-state index >= 15 is 0 Å². The van der Waals surface area contributed by atoms with Crippen molar-refractivity contribution in [1.82, 2.24) is 9.55 Å². The average Bonchev–Trinajstić information content (AvgIpc) is 2.58. The van der Waals surface area contributed by atoms with Gasteiger partial charge in [-0.1, -0.05) is 31.5 Å². The fourth-order valence-corrected chi connectivity index (χ4v) is 2.25. The van der Waals surface area contributed by atoms with Gasteiger partial charge in [-0.25, -0.2) is 4.98 Å². The zero-order valence-electron chi connectivity index (χ0n) is 9.37. The first-order chi connectivity index (χ1) is 7.63. The lowest BCUT2D eigenvalue weighted by Crippen LogP contribution is -2.07. The molecule has 0 saturated heterocycles. The van der Waals surface area contributed by atoms with Gasteiger partial charge in [-0.15, -0.1) is 11.6 Å². The van der Waals surface area contributed by atoms with Gasteiger partial charge in [-0.3, -0.25) is 0 Å². The van der Waals surface area contributed by atoms with Crippen molar-refractivity contribution in [3.8, 4) is 0 Å². The highest BCUT2D eigenvalue weighted by Crippen LogP contribution is 2.25. The summed E-state index contributed by atoms with van der Waals surface area (Å²) in [7, 11) is 0. The number of halogens is 2. The van der Waals surface area contributed by atoms with E-state index in [0.29, 0.717) is 16.8 Å². The predicted molar refractivity (Wildman–Crippen MR) is 69.1 cm³/mol. The number of nitrogens with zero attached hydrogens (tertiary/aromatic N) is 2. The highest BCUT2D eigenvalue weighted by Gasteiger charge is 2.12. The van der Waals surface area contributed by atoms with Gasteiger partial charge in [0.15, 0.2) is 0 Å². The largest absolute Gasteiger partial charge is 0.327 e. The lowest BCUT2D eigenvalue weighted by molar-refractivity contribution is 0.522. The maximum absolute atomic E-state index is 6.12. The molecular weight excluding hydrogens is 243 g/mol. The van der Waals surface area contributed by atoms with Crippen molar-refractivity contribution < 1.29 is 0 Å². The van der Waals surface area contributed by atoms with Crippen LogP contribution >= 0.6 is 23.2 Å². The van der Waals surface area contributed by atoms with Gasteiger partial charge in [0.05, 0.1) is 16.4 Å². The molecule has 0 atom stereocenters. The second kappa shape index (κ2) is 4.64. The molecule has 0 amide bonds. The molecule has 86 valence electrons. The zero-order chi connectivity index (χ0) is 11.7. The van der Waals surface area contributed by atoms with Crippen LogP contribution in [0.3, 0.4) is 0 Å². The summed E-state index contributed by atoms with van der Waals surface area (Å²) >= 11 is 12.0. The Morgan fingerprint density at radius 1 is 1.38 bits per heavy atom. The maximum atomic E-state index is 6.12. The van der Waals surface area contributed by atoms with Gasteiger partial charge in [0.1, 0.15) is 11.3 Å². The first-order valence-corrected chi connectivity index (χ1v) is 6.24. The number of benzene rings is 1. The SMILES string of the molecule is CC(C)Cn1c(CCl)nc2c(Cl)cccc21. The minimum absolute atomic E-state index is 0.414. The Hall–Kier alpha value is -0.730. The van der Waals surface area contributed by atoms with E-state index in [1.165, 1.54) is 0 Å². The van der Waals surface area contributed by atoms with Crippen molar-refractivity contribution >= 4 is 34.2 Å². The molecule has 0 fully saturated rings. The van der Waals surface area contributed by atoms with Crippen molar-refractivity contribution in [2.24, 2.45) is 5.92 Å². The number of hydrogen-bond donors (Lipinski definition) is 0. The van der Waals surface area contributed by atoms with E-state index in [1.807, 2.05) is 18.2 Å². The molecule has 2 aromatic rings. The van der Waals surface area contributed by atoms with Crippen molar-refractivity contribution in [2.75, 3.05) is 0 Å². The van der Waals surface area contributed by atoms with E-state index in [4.69, 9.17) is 23.2 Å². The second-order valence-electron chi connectivity index (χ2n) is 4.27. The summed E-state index contributed by atoms with van der Waals surface area (Å²) < 4.78 is 2.15. The molecule has 16 heavy (non-hydrogen) atoms. The van der Waals surface area contributed by atoms with Crippen LogP contribution < -0.4 is 0 Å². The van der Waals surface area contributed by atoms with E-state index in [2.05, 4.69) is 23.4 Å². The molecule has 0 radical (unpaired) electrons. The number of para-hydroxylation sites is 1. The predicted octanol–water partition coefficient (Wildman–Crippen LogP) is 4.08. The molecule has 0 N–H and O–H groups in total. The van der Waals surface area contributed by atoms with Gasteiger partial charge < -0.3 is 4.57 Å². The Balaban J connectivity index is 2.64. The molecule has 1 aromatic carbocycles. The fourth-order valence-electron chi connectivity index (χ4n) is 1.83. The quantitative estimate of drug-likeness (QED) is 0.757. The normalized spacial score (nSPS) is 11.6. The van der Waals surface area contributed by atoms with Crippen LogP contribution in [0.2, 0.25) is 5.02 Å². The number of fused-ring (bicyclic) bond motifs is 1. The fraction of sp³-hybridized carbons (Fsp3) is 0.417. The minimum Gasteiger partial charge on any atom is -0.327 e. The smallest absolute Gasteiger partial charge is 0.124 e. The Labute approximate surface area is 105 Å². The third-order valence-electron chi connectivity index (χ3n) is 2.48. The van der Waals surface area contributed by atoms with Crippen LogP contribution in [0.4, 0.5) is 0 Å². The number of aromatic nitrogens is 2. The second-order valence-corrected chi connectivity index (χ2v) is 4.95. The van der Waals surface area contributed by atoms with Gasteiger partial charge in [-0.05, 0) is 18.1 Å². The molecule has 2 rings (SSSR count). The maximum Gasteiger partial charge on any atom is 0.124 e. The van der Waals surface area contributed by atoms with E-state index < -0.39 is 0 Å². The van der Waals surface area contributed by atoms with Crippen LogP contribution in [-0.4, -0.2) is 9.55 Å². The summed E-state index contributed by atoms with van der Waals surface area (Å²) in [5, 5.41) is 0.686. The summed E-state index contributed by atoms with van der Waals surface area (Å²) in [6, 6.07) is 5.84. The monoisotopic (exact) mass is 256 g/mol. The Kier molecular flexibility index (Phi) is 3.41. The third-order valence-corrected chi connectivity index (χ3v) is 3.02. The highest BCUT2D eigenvalue weighted by molar-refractivity contribution is 6.34. The van der Waals surface area contributed by atoms with Crippen LogP contribution in [0.15, 0.2) is 18.2 Å². The molecule has 0 bridgehead atoms. The lowest BCUT2D eigenvalue weighted by Gasteiger charge is -2.10. The summed E-state index contributed by atoms with van der Waals surface area (Å²) in [6.45, 7) is 5.27. The molecule has 1 heterocycles. The number of imidazole rings is 1. The summed E-state index contributed by atoms with van der Waals surface area (Å²) in [6.07, 6.45) is 0.